The minimum absolute atomic E-state index is 0.115. The molecular weight excluding hydrogens is 282 g/mol. The lowest BCUT2D eigenvalue weighted by atomic mass is 9.77. The number of oxime groups is 1. The van der Waals surface area contributed by atoms with E-state index in [1.165, 1.54) is 0 Å². The van der Waals surface area contributed by atoms with Gasteiger partial charge in [0.15, 0.2) is 6.10 Å². The third-order valence-corrected chi connectivity index (χ3v) is 5.31. The fourth-order valence-electron chi connectivity index (χ4n) is 3.06. The van der Waals surface area contributed by atoms with Crippen LogP contribution >= 0.6 is 15.9 Å². The number of halogens is 1. The van der Waals surface area contributed by atoms with E-state index < -0.39 is 0 Å². The normalized spacial score (nSPS) is 37.4. The van der Waals surface area contributed by atoms with Gasteiger partial charge in [0.1, 0.15) is 21.9 Å². The van der Waals surface area contributed by atoms with Crippen molar-refractivity contribution in [3.8, 4) is 5.75 Å². The first-order valence-corrected chi connectivity index (χ1v) is 6.78. The molecular formula is C13H12BrNO2. The molecule has 1 aromatic rings. The highest BCUT2D eigenvalue weighted by atomic mass is 79.9. The zero-order valence-electron chi connectivity index (χ0n) is 9.23. The highest BCUT2D eigenvalue weighted by Crippen LogP contribution is 2.50. The zero-order chi connectivity index (χ0) is 11.5. The van der Waals surface area contributed by atoms with Crippen molar-refractivity contribution in [2.24, 2.45) is 5.16 Å². The molecule has 1 fully saturated rings. The lowest BCUT2D eigenvalue weighted by Gasteiger charge is -2.43. The number of fused-ring (bicyclic) bond motifs is 2. The molecule has 3 nitrogen and oxygen atoms in total. The Labute approximate surface area is 108 Å². The van der Waals surface area contributed by atoms with Gasteiger partial charge in [0.2, 0.25) is 0 Å². The fraction of sp³-hybridized carbons (Fsp3) is 0.462. The summed E-state index contributed by atoms with van der Waals surface area (Å²) in [4.78, 5) is 5.59. The Morgan fingerprint density at radius 2 is 2.06 bits per heavy atom. The van der Waals surface area contributed by atoms with E-state index >= 15 is 0 Å². The summed E-state index contributed by atoms with van der Waals surface area (Å²) in [7, 11) is 0. The Morgan fingerprint density at radius 1 is 1.24 bits per heavy atom. The minimum Gasteiger partial charge on any atom is -0.488 e. The molecule has 4 heteroatoms. The lowest BCUT2D eigenvalue weighted by Crippen LogP contribution is -2.57. The molecule has 0 radical (unpaired) electrons. The highest BCUT2D eigenvalue weighted by Gasteiger charge is 2.59. The fourth-order valence-corrected chi connectivity index (χ4v) is 3.98. The van der Waals surface area contributed by atoms with Crippen LogP contribution in [0.1, 0.15) is 24.8 Å². The van der Waals surface area contributed by atoms with Crippen LogP contribution in [0, 0.1) is 0 Å². The molecule has 0 amide bonds. The summed E-state index contributed by atoms with van der Waals surface area (Å²) in [5.74, 6) is 0.928. The summed E-state index contributed by atoms with van der Waals surface area (Å²) in [5.41, 5.74) is 2.07. The third-order valence-electron chi connectivity index (χ3n) is 3.92. The predicted molar refractivity (Wildman–Crippen MR) is 67.8 cm³/mol. The van der Waals surface area contributed by atoms with Crippen molar-refractivity contribution in [2.75, 3.05) is 0 Å². The summed E-state index contributed by atoms with van der Waals surface area (Å²) in [5, 5.41) is 4.30. The number of rotatable bonds is 0. The van der Waals surface area contributed by atoms with Gasteiger partial charge in [-0.1, -0.05) is 33.2 Å². The monoisotopic (exact) mass is 293 g/mol. The maximum absolute atomic E-state index is 6.11. The van der Waals surface area contributed by atoms with E-state index in [1.54, 1.807) is 0 Å². The van der Waals surface area contributed by atoms with Crippen LogP contribution in [-0.4, -0.2) is 22.2 Å². The van der Waals surface area contributed by atoms with Crippen LogP contribution in [0.5, 0.6) is 5.75 Å². The second kappa shape index (κ2) is 3.25. The molecule has 1 aliphatic carbocycles. The zero-order valence-corrected chi connectivity index (χ0v) is 10.8. The van der Waals surface area contributed by atoms with Crippen molar-refractivity contribution in [3.05, 3.63) is 29.8 Å². The third kappa shape index (κ3) is 1.14. The molecule has 2 heterocycles. The maximum Gasteiger partial charge on any atom is 0.152 e. The van der Waals surface area contributed by atoms with E-state index in [1.807, 2.05) is 24.3 Å². The van der Waals surface area contributed by atoms with Gasteiger partial charge >= 0.3 is 0 Å². The largest absolute Gasteiger partial charge is 0.488 e. The first kappa shape index (κ1) is 9.95. The number of para-hydroxylation sites is 1. The number of ether oxygens (including phenoxy) is 1. The van der Waals surface area contributed by atoms with Crippen LogP contribution in [0.4, 0.5) is 0 Å². The first-order chi connectivity index (χ1) is 8.30. The standard InChI is InChI=1S/C13H12BrNO2/c14-13-10-6-3-7-11(13)17-15-12(13)8-4-1-2-5-9(8)16-10/h1-2,4-5,10-11H,3,6-7H2. The lowest BCUT2D eigenvalue weighted by molar-refractivity contribution is 0.00885. The number of nitrogens with zero attached hydrogens (tertiary/aromatic N) is 1. The van der Waals surface area contributed by atoms with Crippen molar-refractivity contribution in [2.45, 2.75) is 35.8 Å². The van der Waals surface area contributed by atoms with Gasteiger partial charge in [0, 0.05) is 5.56 Å². The van der Waals surface area contributed by atoms with Crippen LogP contribution < -0.4 is 4.74 Å². The van der Waals surface area contributed by atoms with Crippen molar-refractivity contribution in [3.63, 3.8) is 0 Å². The van der Waals surface area contributed by atoms with Gasteiger partial charge in [-0.3, -0.25) is 0 Å². The van der Waals surface area contributed by atoms with E-state index in [-0.39, 0.29) is 16.5 Å². The minimum atomic E-state index is -0.237. The highest BCUT2D eigenvalue weighted by molar-refractivity contribution is 9.10. The SMILES string of the molecule is BrC12C3=NOC1CCCC2Oc1ccccc13. The Hall–Kier alpha value is -1.03. The molecule has 1 aromatic carbocycles. The molecule has 0 saturated heterocycles. The van der Waals surface area contributed by atoms with Crippen LogP contribution in [0.15, 0.2) is 29.4 Å². The first-order valence-electron chi connectivity index (χ1n) is 5.99. The molecule has 88 valence electrons. The molecule has 3 aliphatic rings. The van der Waals surface area contributed by atoms with Crippen molar-refractivity contribution in [1.82, 2.24) is 0 Å². The topological polar surface area (TPSA) is 30.8 Å². The number of alkyl halides is 1. The van der Waals surface area contributed by atoms with Gasteiger partial charge in [-0.15, -0.1) is 0 Å². The van der Waals surface area contributed by atoms with Gasteiger partial charge in [-0.05, 0) is 31.4 Å². The molecule has 3 atom stereocenters. The van der Waals surface area contributed by atoms with Gasteiger partial charge in [-0.25, -0.2) is 0 Å². The summed E-state index contributed by atoms with van der Waals surface area (Å²) < 4.78 is 5.88. The van der Waals surface area contributed by atoms with Crippen molar-refractivity contribution >= 4 is 21.6 Å². The van der Waals surface area contributed by atoms with E-state index in [0.717, 1.165) is 36.3 Å². The molecule has 0 N–H and O–H groups in total. The van der Waals surface area contributed by atoms with E-state index in [9.17, 15) is 0 Å². The molecule has 0 bridgehead atoms. The Balaban J connectivity index is 1.93. The van der Waals surface area contributed by atoms with Gasteiger partial charge < -0.3 is 9.57 Å². The van der Waals surface area contributed by atoms with Crippen molar-refractivity contribution in [1.29, 1.82) is 0 Å². The van der Waals surface area contributed by atoms with Crippen LogP contribution in [0.3, 0.4) is 0 Å². The molecule has 0 spiro atoms. The Bertz CT molecular complexity index is 516. The molecule has 17 heavy (non-hydrogen) atoms. The van der Waals surface area contributed by atoms with Crippen LogP contribution in [-0.2, 0) is 4.84 Å². The Kier molecular flexibility index (Phi) is 1.90. The number of benzene rings is 1. The number of hydrogen-bond acceptors (Lipinski definition) is 3. The van der Waals surface area contributed by atoms with Gasteiger partial charge in [-0.2, -0.15) is 0 Å². The average Bonchev–Trinajstić information content (AvgIpc) is 2.69. The summed E-state index contributed by atoms with van der Waals surface area (Å²) >= 11 is 3.86. The van der Waals surface area contributed by atoms with E-state index in [0.29, 0.717) is 0 Å². The second-order valence-corrected chi connectivity index (χ2v) is 6.15. The van der Waals surface area contributed by atoms with E-state index in [2.05, 4.69) is 21.1 Å². The van der Waals surface area contributed by atoms with E-state index in [4.69, 9.17) is 9.57 Å². The second-order valence-electron chi connectivity index (χ2n) is 4.84. The van der Waals surface area contributed by atoms with Gasteiger partial charge in [0.05, 0.1) is 0 Å². The number of hydrogen-bond donors (Lipinski definition) is 0. The summed E-state index contributed by atoms with van der Waals surface area (Å²) in [6.45, 7) is 0. The summed E-state index contributed by atoms with van der Waals surface area (Å²) in [6, 6.07) is 8.06. The predicted octanol–water partition coefficient (Wildman–Crippen LogP) is 2.87. The molecule has 3 unspecified atom stereocenters. The van der Waals surface area contributed by atoms with Crippen molar-refractivity contribution < 1.29 is 9.57 Å². The molecule has 2 aliphatic heterocycles. The van der Waals surface area contributed by atoms with Crippen LogP contribution in [0.2, 0.25) is 0 Å². The Morgan fingerprint density at radius 3 is 3.00 bits per heavy atom. The molecule has 4 rings (SSSR count). The molecule has 0 aromatic heterocycles. The average molecular weight is 294 g/mol. The maximum atomic E-state index is 6.11. The quantitative estimate of drug-likeness (QED) is 0.689. The smallest absolute Gasteiger partial charge is 0.152 e. The van der Waals surface area contributed by atoms with Crippen LogP contribution in [0.25, 0.3) is 0 Å². The summed E-state index contributed by atoms with van der Waals surface area (Å²) in [6.07, 6.45) is 3.48. The van der Waals surface area contributed by atoms with Gasteiger partial charge in [0.25, 0.3) is 0 Å². The molecule has 1 saturated carbocycles.